The van der Waals surface area contributed by atoms with Crippen LogP contribution in [0.3, 0.4) is 0 Å². The van der Waals surface area contributed by atoms with Gasteiger partial charge in [0, 0.05) is 23.3 Å². The van der Waals surface area contributed by atoms with Gasteiger partial charge in [-0.05, 0) is 30.4 Å². The zero-order valence-corrected chi connectivity index (χ0v) is 12.6. The molecule has 0 aliphatic carbocycles. The van der Waals surface area contributed by atoms with Crippen LogP contribution in [0.2, 0.25) is 0 Å². The van der Waals surface area contributed by atoms with Crippen molar-refractivity contribution >= 4 is 11.8 Å². The van der Waals surface area contributed by atoms with Crippen molar-refractivity contribution in [1.82, 2.24) is 10.2 Å². The molecule has 116 valence electrons. The maximum atomic E-state index is 10.6. The first-order valence-electron chi connectivity index (χ1n) is 7.26. The maximum Gasteiger partial charge on any atom is 0.269 e. The Labute approximate surface area is 138 Å². The van der Waals surface area contributed by atoms with Gasteiger partial charge in [-0.25, -0.2) is 0 Å². The number of hydrogen-bond acceptors (Lipinski definition) is 3. The highest BCUT2D eigenvalue weighted by molar-refractivity contribution is 5.63. The van der Waals surface area contributed by atoms with E-state index in [0.29, 0.717) is 0 Å². The second-order valence-electron chi connectivity index (χ2n) is 4.98. The Bertz CT molecular complexity index is 930. The monoisotopic (exact) mass is 315 g/mol. The first kappa shape index (κ1) is 15.3. The molecule has 3 aromatic rings. The first-order valence-corrected chi connectivity index (χ1v) is 7.26. The summed E-state index contributed by atoms with van der Waals surface area (Å²) in [6.07, 6.45) is 3.54. The molecular weight excluding hydrogens is 302 g/mol. The zero-order valence-electron chi connectivity index (χ0n) is 12.6. The first-order chi connectivity index (χ1) is 11.7. The van der Waals surface area contributed by atoms with E-state index in [9.17, 15) is 10.1 Å². The van der Waals surface area contributed by atoms with Crippen molar-refractivity contribution in [2.24, 2.45) is 0 Å². The summed E-state index contributed by atoms with van der Waals surface area (Å²) >= 11 is 0. The number of aromatic nitrogens is 2. The SMILES string of the molecule is O=[N+]([O-])c1ccc(C#C/C=C\c2cc(-c3ccccc3)n[nH]2)cc1. The average molecular weight is 315 g/mol. The molecule has 0 aliphatic rings. The summed E-state index contributed by atoms with van der Waals surface area (Å²) in [5.41, 5.74) is 3.55. The summed E-state index contributed by atoms with van der Waals surface area (Å²) in [6.45, 7) is 0. The van der Waals surface area contributed by atoms with Crippen LogP contribution < -0.4 is 0 Å². The molecule has 1 heterocycles. The molecule has 0 saturated carbocycles. The van der Waals surface area contributed by atoms with Crippen molar-refractivity contribution in [1.29, 1.82) is 0 Å². The Morgan fingerprint density at radius 2 is 1.83 bits per heavy atom. The third kappa shape index (κ3) is 3.76. The highest BCUT2D eigenvalue weighted by Crippen LogP contribution is 2.17. The van der Waals surface area contributed by atoms with E-state index in [1.165, 1.54) is 12.1 Å². The van der Waals surface area contributed by atoms with Crippen molar-refractivity contribution in [3.63, 3.8) is 0 Å². The van der Waals surface area contributed by atoms with Gasteiger partial charge in [0.05, 0.1) is 16.3 Å². The fraction of sp³-hybridized carbons (Fsp3) is 0. The molecule has 1 aromatic heterocycles. The number of non-ortho nitro benzene ring substituents is 1. The van der Waals surface area contributed by atoms with Crippen molar-refractivity contribution < 1.29 is 4.92 Å². The summed E-state index contributed by atoms with van der Waals surface area (Å²) in [6, 6.07) is 18.0. The van der Waals surface area contributed by atoms with E-state index in [-0.39, 0.29) is 5.69 Å². The summed E-state index contributed by atoms with van der Waals surface area (Å²) < 4.78 is 0. The minimum absolute atomic E-state index is 0.0574. The number of nitro benzene ring substituents is 1. The van der Waals surface area contributed by atoms with Gasteiger partial charge >= 0.3 is 0 Å². The topological polar surface area (TPSA) is 71.8 Å². The minimum atomic E-state index is -0.431. The summed E-state index contributed by atoms with van der Waals surface area (Å²) in [5, 5.41) is 17.8. The van der Waals surface area contributed by atoms with Gasteiger partial charge in [-0.2, -0.15) is 5.10 Å². The van der Waals surface area contributed by atoms with E-state index in [1.807, 2.05) is 42.5 Å². The van der Waals surface area contributed by atoms with E-state index in [1.54, 1.807) is 18.2 Å². The van der Waals surface area contributed by atoms with Gasteiger partial charge in [-0.15, -0.1) is 0 Å². The Hall–Kier alpha value is -3.65. The third-order valence-electron chi connectivity index (χ3n) is 3.31. The lowest BCUT2D eigenvalue weighted by atomic mass is 10.1. The van der Waals surface area contributed by atoms with Gasteiger partial charge < -0.3 is 0 Å². The summed E-state index contributed by atoms with van der Waals surface area (Å²) in [7, 11) is 0. The molecule has 5 heteroatoms. The van der Waals surface area contributed by atoms with Gasteiger partial charge in [0.1, 0.15) is 0 Å². The van der Waals surface area contributed by atoms with Gasteiger partial charge in [-0.3, -0.25) is 15.2 Å². The Morgan fingerprint density at radius 1 is 1.08 bits per heavy atom. The summed E-state index contributed by atoms with van der Waals surface area (Å²) in [5.74, 6) is 5.83. The van der Waals surface area contributed by atoms with Crippen LogP contribution in [0.25, 0.3) is 17.3 Å². The van der Waals surface area contributed by atoms with E-state index in [4.69, 9.17) is 0 Å². The van der Waals surface area contributed by atoms with Crippen molar-refractivity contribution in [3.05, 3.63) is 88.1 Å². The van der Waals surface area contributed by atoms with E-state index < -0.39 is 4.92 Å². The molecule has 0 amide bonds. The van der Waals surface area contributed by atoms with E-state index in [2.05, 4.69) is 22.0 Å². The standard InChI is InChI=1S/C19H13N3O2/c23-22(24)18-12-10-15(11-13-18)6-4-5-9-17-14-19(21-20-17)16-7-2-1-3-8-16/h1-3,5,7-14H,(H,20,21)/b9-5-. The van der Waals surface area contributed by atoms with Crippen molar-refractivity contribution in [2.45, 2.75) is 0 Å². The second kappa shape index (κ2) is 7.07. The number of nitro groups is 1. The molecule has 0 aliphatic heterocycles. The Balaban J connectivity index is 1.67. The number of aromatic amines is 1. The van der Waals surface area contributed by atoms with Crippen molar-refractivity contribution in [2.75, 3.05) is 0 Å². The minimum Gasteiger partial charge on any atom is -0.278 e. The molecule has 1 N–H and O–H groups in total. The molecule has 0 spiro atoms. The average Bonchev–Trinajstić information content (AvgIpc) is 3.09. The molecule has 0 bridgehead atoms. The molecule has 0 fully saturated rings. The largest absolute Gasteiger partial charge is 0.278 e. The molecule has 0 radical (unpaired) electrons. The highest BCUT2D eigenvalue weighted by Gasteiger charge is 2.02. The lowest BCUT2D eigenvalue weighted by Crippen LogP contribution is -1.86. The van der Waals surface area contributed by atoms with Crippen LogP contribution in [0.15, 0.2) is 66.7 Å². The summed E-state index contributed by atoms with van der Waals surface area (Å²) in [4.78, 5) is 10.2. The number of allylic oxidation sites excluding steroid dienone is 1. The van der Waals surface area contributed by atoms with Crippen LogP contribution >= 0.6 is 0 Å². The van der Waals surface area contributed by atoms with Gasteiger partial charge in [0.25, 0.3) is 5.69 Å². The number of hydrogen-bond donors (Lipinski definition) is 1. The zero-order chi connectivity index (χ0) is 16.8. The lowest BCUT2D eigenvalue weighted by molar-refractivity contribution is -0.384. The fourth-order valence-corrected chi connectivity index (χ4v) is 2.10. The maximum absolute atomic E-state index is 10.6. The number of rotatable bonds is 3. The molecule has 24 heavy (non-hydrogen) atoms. The normalized spacial score (nSPS) is 10.3. The lowest BCUT2D eigenvalue weighted by Gasteiger charge is -1.92. The van der Waals surface area contributed by atoms with Crippen LogP contribution in [-0.4, -0.2) is 15.1 Å². The number of nitrogens with zero attached hydrogens (tertiary/aromatic N) is 2. The molecule has 3 rings (SSSR count). The molecule has 0 saturated heterocycles. The molecule has 2 aromatic carbocycles. The predicted octanol–water partition coefficient (Wildman–Crippen LogP) is 4.05. The molecule has 0 atom stereocenters. The Kier molecular flexibility index (Phi) is 4.50. The number of H-pyrrole nitrogens is 1. The predicted molar refractivity (Wildman–Crippen MR) is 93.0 cm³/mol. The fourth-order valence-electron chi connectivity index (χ4n) is 2.10. The third-order valence-corrected chi connectivity index (χ3v) is 3.31. The van der Waals surface area contributed by atoms with Crippen LogP contribution in [0, 0.1) is 22.0 Å². The molecule has 5 nitrogen and oxygen atoms in total. The van der Waals surface area contributed by atoms with Crippen LogP contribution in [-0.2, 0) is 0 Å². The van der Waals surface area contributed by atoms with Crippen LogP contribution in [0.1, 0.15) is 11.3 Å². The highest BCUT2D eigenvalue weighted by atomic mass is 16.6. The molecule has 0 unspecified atom stereocenters. The number of benzene rings is 2. The second-order valence-corrected chi connectivity index (χ2v) is 4.98. The molecular formula is C19H13N3O2. The van der Waals surface area contributed by atoms with E-state index in [0.717, 1.165) is 22.5 Å². The van der Waals surface area contributed by atoms with Gasteiger partial charge in [-0.1, -0.05) is 42.2 Å². The van der Waals surface area contributed by atoms with Gasteiger partial charge in [0.2, 0.25) is 0 Å². The number of nitrogens with one attached hydrogen (secondary N) is 1. The quantitative estimate of drug-likeness (QED) is 0.450. The smallest absolute Gasteiger partial charge is 0.269 e. The van der Waals surface area contributed by atoms with Crippen LogP contribution in [0.4, 0.5) is 5.69 Å². The van der Waals surface area contributed by atoms with E-state index >= 15 is 0 Å². The Morgan fingerprint density at radius 3 is 2.54 bits per heavy atom. The van der Waals surface area contributed by atoms with Crippen LogP contribution in [0.5, 0.6) is 0 Å². The van der Waals surface area contributed by atoms with Gasteiger partial charge in [0.15, 0.2) is 0 Å². The van der Waals surface area contributed by atoms with Crippen molar-refractivity contribution in [3.8, 4) is 23.1 Å².